The first-order valence-corrected chi connectivity index (χ1v) is 8.59. The van der Waals surface area contributed by atoms with E-state index in [1.54, 1.807) is 18.2 Å². The molecule has 0 aliphatic carbocycles. The number of hydrogen-bond donors (Lipinski definition) is 1. The van der Waals surface area contributed by atoms with E-state index < -0.39 is 5.97 Å². The second-order valence-electron chi connectivity index (χ2n) is 5.46. The Kier molecular flexibility index (Phi) is 5.46. The molecule has 0 unspecified atom stereocenters. The molecule has 126 valence electrons. The van der Waals surface area contributed by atoms with Crippen molar-refractivity contribution in [3.63, 3.8) is 0 Å². The topological polar surface area (TPSA) is 55.4 Å². The van der Waals surface area contributed by atoms with Crippen LogP contribution in [0.15, 0.2) is 71.2 Å². The summed E-state index contributed by atoms with van der Waals surface area (Å²) in [6, 6.07) is 20.8. The molecule has 1 N–H and O–H groups in total. The normalized spacial score (nSPS) is 10.4. The van der Waals surface area contributed by atoms with Crippen LogP contribution >= 0.6 is 15.9 Å². The second-order valence-corrected chi connectivity index (χ2v) is 6.32. The lowest BCUT2D eigenvalue weighted by Crippen LogP contribution is -2.30. The maximum atomic E-state index is 12.1. The molecule has 3 aromatic rings. The molecule has 3 rings (SSSR count). The molecule has 0 bridgehead atoms. The van der Waals surface area contributed by atoms with Crippen LogP contribution in [-0.2, 0) is 16.1 Å². The molecule has 25 heavy (non-hydrogen) atoms. The van der Waals surface area contributed by atoms with Gasteiger partial charge in [-0.15, -0.1) is 0 Å². The molecule has 0 radical (unpaired) electrons. The van der Waals surface area contributed by atoms with Crippen LogP contribution in [0.4, 0.5) is 0 Å². The van der Waals surface area contributed by atoms with Crippen molar-refractivity contribution in [2.75, 3.05) is 6.54 Å². The third-order valence-corrected chi connectivity index (χ3v) is 4.47. The van der Waals surface area contributed by atoms with Crippen molar-refractivity contribution < 1.29 is 14.3 Å². The molecule has 0 fully saturated rings. The number of ether oxygens (including phenoxy) is 1. The highest BCUT2D eigenvalue weighted by Crippen LogP contribution is 2.19. The SMILES string of the molecule is O=C(CNC(=O)c1ccccc1Br)OCc1cccc2ccccc12. The summed E-state index contributed by atoms with van der Waals surface area (Å²) >= 11 is 3.31. The van der Waals surface area contributed by atoms with Crippen molar-refractivity contribution in [1.82, 2.24) is 5.32 Å². The third-order valence-electron chi connectivity index (χ3n) is 3.78. The monoisotopic (exact) mass is 397 g/mol. The quantitative estimate of drug-likeness (QED) is 0.660. The fourth-order valence-corrected chi connectivity index (χ4v) is 2.99. The van der Waals surface area contributed by atoms with Gasteiger partial charge in [0.25, 0.3) is 5.91 Å². The average molecular weight is 398 g/mol. The van der Waals surface area contributed by atoms with Gasteiger partial charge in [0, 0.05) is 4.47 Å². The summed E-state index contributed by atoms with van der Waals surface area (Å²) in [5, 5.41) is 4.72. The summed E-state index contributed by atoms with van der Waals surface area (Å²) in [5.74, 6) is -0.803. The lowest BCUT2D eigenvalue weighted by molar-refractivity contribution is -0.143. The fourth-order valence-electron chi connectivity index (χ4n) is 2.52. The minimum atomic E-state index is -0.478. The predicted octanol–water partition coefficient (Wildman–Crippen LogP) is 4.08. The van der Waals surface area contributed by atoms with Gasteiger partial charge in [-0.2, -0.15) is 0 Å². The molecule has 0 saturated carbocycles. The summed E-state index contributed by atoms with van der Waals surface area (Å²) in [6.45, 7) is -0.00395. The lowest BCUT2D eigenvalue weighted by atomic mass is 10.1. The van der Waals surface area contributed by atoms with E-state index in [2.05, 4.69) is 21.2 Å². The number of halogens is 1. The Hall–Kier alpha value is -2.66. The summed E-state index contributed by atoms with van der Waals surface area (Å²) in [7, 11) is 0. The van der Waals surface area contributed by atoms with E-state index in [4.69, 9.17) is 4.74 Å². The Balaban J connectivity index is 1.56. The van der Waals surface area contributed by atoms with Gasteiger partial charge < -0.3 is 10.1 Å². The van der Waals surface area contributed by atoms with Gasteiger partial charge in [0.2, 0.25) is 0 Å². The van der Waals surface area contributed by atoms with E-state index in [0.717, 1.165) is 16.3 Å². The van der Waals surface area contributed by atoms with E-state index in [1.807, 2.05) is 48.5 Å². The number of carbonyl (C=O) groups is 2. The van der Waals surface area contributed by atoms with Crippen LogP contribution in [0.1, 0.15) is 15.9 Å². The number of rotatable bonds is 5. The van der Waals surface area contributed by atoms with Gasteiger partial charge in [-0.1, -0.05) is 54.6 Å². The van der Waals surface area contributed by atoms with Gasteiger partial charge in [-0.3, -0.25) is 9.59 Å². The highest BCUT2D eigenvalue weighted by molar-refractivity contribution is 9.10. The lowest BCUT2D eigenvalue weighted by Gasteiger charge is -2.09. The zero-order valence-corrected chi connectivity index (χ0v) is 15.0. The molecule has 0 aliphatic heterocycles. The van der Waals surface area contributed by atoms with E-state index >= 15 is 0 Å². The van der Waals surface area contributed by atoms with Gasteiger partial charge >= 0.3 is 5.97 Å². The third kappa shape index (κ3) is 4.25. The Morgan fingerprint density at radius 2 is 1.64 bits per heavy atom. The van der Waals surface area contributed by atoms with Crippen molar-refractivity contribution in [3.05, 3.63) is 82.3 Å². The minimum absolute atomic E-state index is 0.172. The molecule has 3 aromatic carbocycles. The van der Waals surface area contributed by atoms with Crippen molar-refractivity contribution in [2.45, 2.75) is 6.61 Å². The zero-order chi connectivity index (χ0) is 17.6. The second kappa shape index (κ2) is 7.94. The van der Waals surface area contributed by atoms with Crippen LogP contribution in [0.3, 0.4) is 0 Å². The molecule has 0 aliphatic rings. The molecular weight excluding hydrogens is 382 g/mol. The Morgan fingerprint density at radius 3 is 2.48 bits per heavy atom. The number of fused-ring (bicyclic) bond motifs is 1. The Bertz CT molecular complexity index is 918. The molecule has 1 amide bonds. The number of carbonyl (C=O) groups excluding carboxylic acids is 2. The van der Waals surface area contributed by atoms with Gasteiger partial charge in [-0.05, 0) is 44.4 Å². The molecule has 5 heteroatoms. The molecular formula is C20H16BrNO3. The average Bonchev–Trinajstić information content (AvgIpc) is 2.64. The zero-order valence-electron chi connectivity index (χ0n) is 13.4. The first kappa shape index (κ1) is 17.2. The van der Waals surface area contributed by atoms with Crippen molar-refractivity contribution in [3.8, 4) is 0 Å². The summed E-state index contributed by atoms with van der Waals surface area (Å²) in [4.78, 5) is 24.0. The van der Waals surface area contributed by atoms with Crippen LogP contribution in [0.5, 0.6) is 0 Å². The number of benzene rings is 3. The number of amides is 1. The summed E-state index contributed by atoms with van der Waals surface area (Å²) in [5.41, 5.74) is 1.41. The highest BCUT2D eigenvalue weighted by Gasteiger charge is 2.12. The minimum Gasteiger partial charge on any atom is -0.459 e. The number of nitrogens with one attached hydrogen (secondary N) is 1. The molecule has 0 saturated heterocycles. The number of hydrogen-bond acceptors (Lipinski definition) is 3. The van der Waals surface area contributed by atoms with Gasteiger partial charge in [0.1, 0.15) is 13.2 Å². The Labute approximate surface area is 153 Å². The molecule has 0 heterocycles. The standard InChI is InChI=1S/C20H16BrNO3/c21-18-11-4-3-10-17(18)20(24)22-12-19(23)25-13-15-8-5-7-14-6-1-2-9-16(14)15/h1-11H,12-13H2,(H,22,24). The first-order valence-electron chi connectivity index (χ1n) is 7.80. The van der Waals surface area contributed by atoms with Crippen LogP contribution in [-0.4, -0.2) is 18.4 Å². The molecule has 0 atom stereocenters. The number of esters is 1. The molecule has 4 nitrogen and oxygen atoms in total. The largest absolute Gasteiger partial charge is 0.459 e. The van der Waals surface area contributed by atoms with Gasteiger partial charge in [0.05, 0.1) is 5.56 Å². The van der Waals surface area contributed by atoms with E-state index in [-0.39, 0.29) is 19.1 Å². The van der Waals surface area contributed by atoms with Gasteiger partial charge in [-0.25, -0.2) is 0 Å². The van der Waals surface area contributed by atoms with Crippen molar-refractivity contribution >= 4 is 38.6 Å². The van der Waals surface area contributed by atoms with E-state index in [9.17, 15) is 9.59 Å². The first-order chi connectivity index (χ1) is 12.1. The summed E-state index contributed by atoms with van der Waals surface area (Å²) < 4.78 is 5.96. The van der Waals surface area contributed by atoms with E-state index in [0.29, 0.717) is 10.0 Å². The molecule has 0 spiro atoms. The van der Waals surface area contributed by atoms with Crippen LogP contribution < -0.4 is 5.32 Å². The van der Waals surface area contributed by atoms with E-state index in [1.165, 1.54) is 0 Å². The Morgan fingerprint density at radius 1 is 0.920 bits per heavy atom. The predicted molar refractivity (Wildman–Crippen MR) is 100 cm³/mol. The van der Waals surface area contributed by atoms with Gasteiger partial charge in [0.15, 0.2) is 0 Å². The van der Waals surface area contributed by atoms with Crippen LogP contribution in [0, 0.1) is 0 Å². The maximum Gasteiger partial charge on any atom is 0.325 e. The highest BCUT2D eigenvalue weighted by atomic mass is 79.9. The maximum absolute atomic E-state index is 12.1. The fraction of sp³-hybridized carbons (Fsp3) is 0.100. The molecule has 0 aromatic heterocycles. The smallest absolute Gasteiger partial charge is 0.325 e. The van der Waals surface area contributed by atoms with Crippen molar-refractivity contribution in [1.29, 1.82) is 0 Å². The van der Waals surface area contributed by atoms with Crippen LogP contribution in [0.2, 0.25) is 0 Å². The summed E-state index contributed by atoms with van der Waals surface area (Å²) in [6.07, 6.45) is 0. The van der Waals surface area contributed by atoms with Crippen LogP contribution in [0.25, 0.3) is 10.8 Å². The van der Waals surface area contributed by atoms with Crippen molar-refractivity contribution in [2.24, 2.45) is 0 Å².